The molecule has 1 aliphatic carbocycles. The largest absolute Gasteiger partial charge is 0.476 e. The minimum absolute atomic E-state index is 0.0497. The second kappa shape index (κ2) is 6.64. The number of hydrogen-bond donors (Lipinski definition) is 2. The van der Waals surface area contributed by atoms with Gasteiger partial charge in [0.15, 0.2) is 5.69 Å². The van der Waals surface area contributed by atoms with Gasteiger partial charge in [-0.15, -0.1) is 16.4 Å². The van der Waals surface area contributed by atoms with Crippen molar-refractivity contribution in [1.82, 2.24) is 25.0 Å². The smallest absolute Gasteiger partial charge is 0.358 e. The Bertz CT molecular complexity index is 979. The Kier molecular flexibility index (Phi) is 4.31. The first kappa shape index (κ1) is 16.9. The van der Waals surface area contributed by atoms with Gasteiger partial charge in [-0.25, -0.2) is 19.4 Å². The normalized spacial score (nSPS) is 16.6. The van der Waals surface area contributed by atoms with Crippen LogP contribution in [0.5, 0.6) is 0 Å². The second-order valence-electron chi connectivity index (χ2n) is 6.75. The molecule has 1 atom stereocenters. The number of carboxylic acids is 1. The Hall–Kier alpha value is -2.55. The number of aromatic carboxylic acids is 1. The summed E-state index contributed by atoms with van der Waals surface area (Å²) >= 11 is 1.78. The average molecular weight is 372 g/mol. The monoisotopic (exact) mass is 372 g/mol. The Morgan fingerprint density at radius 1 is 1.46 bits per heavy atom. The van der Waals surface area contributed by atoms with Gasteiger partial charge in [-0.05, 0) is 37.7 Å². The van der Waals surface area contributed by atoms with E-state index in [0.29, 0.717) is 13.1 Å². The Morgan fingerprint density at radius 2 is 2.31 bits per heavy atom. The van der Waals surface area contributed by atoms with Crippen molar-refractivity contribution in [2.75, 3.05) is 11.9 Å². The van der Waals surface area contributed by atoms with Gasteiger partial charge in [-0.2, -0.15) is 0 Å². The van der Waals surface area contributed by atoms with E-state index in [1.807, 2.05) is 6.92 Å². The lowest BCUT2D eigenvalue weighted by Crippen LogP contribution is -2.13. The van der Waals surface area contributed by atoms with Crippen molar-refractivity contribution in [3.05, 3.63) is 28.2 Å². The lowest BCUT2D eigenvalue weighted by atomic mass is 9.89. The third-order valence-corrected chi connectivity index (χ3v) is 5.81. The number of thiophene rings is 1. The molecular formula is C17H20N6O2S. The molecule has 0 saturated carbocycles. The van der Waals surface area contributed by atoms with Gasteiger partial charge in [0.1, 0.15) is 16.5 Å². The van der Waals surface area contributed by atoms with Crippen LogP contribution in [0.3, 0.4) is 0 Å². The molecule has 1 aliphatic rings. The molecular weight excluding hydrogens is 352 g/mol. The van der Waals surface area contributed by atoms with Crippen molar-refractivity contribution in [3.63, 3.8) is 0 Å². The van der Waals surface area contributed by atoms with Gasteiger partial charge in [0.2, 0.25) is 0 Å². The highest BCUT2D eigenvalue weighted by atomic mass is 32.1. The van der Waals surface area contributed by atoms with Crippen molar-refractivity contribution in [3.8, 4) is 0 Å². The number of nitrogens with zero attached hydrogens (tertiary/aromatic N) is 5. The van der Waals surface area contributed by atoms with E-state index in [-0.39, 0.29) is 5.69 Å². The molecule has 0 radical (unpaired) electrons. The third kappa shape index (κ3) is 3.14. The van der Waals surface area contributed by atoms with Crippen molar-refractivity contribution in [1.29, 1.82) is 0 Å². The number of carboxylic acid groups (broad SMARTS) is 1. The first-order valence-corrected chi connectivity index (χ1v) is 9.49. The molecule has 0 fully saturated rings. The highest BCUT2D eigenvalue weighted by Crippen LogP contribution is 2.39. The number of carbonyl (C=O) groups is 1. The Balaban J connectivity index is 1.56. The van der Waals surface area contributed by atoms with Crippen LogP contribution in [0.25, 0.3) is 10.2 Å². The fraction of sp³-hybridized carbons (Fsp3) is 0.471. The van der Waals surface area contributed by atoms with Crippen LogP contribution in [0, 0.1) is 12.8 Å². The van der Waals surface area contributed by atoms with Crippen LogP contribution < -0.4 is 5.32 Å². The molecule has 9 heteroatoms. The summed E-state index contributed by atoms with van der Waals surface area (Å²) in [5, 5.41) is 20.9. The average Bonchev–Trinajstić information content (AvgIpc) is 3.18. The summed E-state index contributed by atoms with van der Waals surface area (Å²) in [4.78, 5) is 22.6. The molecule has 4 rings (SSSR count). The maximum atomic E-state index is 10.9. The van der Waals surface area contributed by atoms with Crippen LogP contribution in [0.4, 0.5) is 5.82 Å². The maximum absolute atomic E-state index is 10.9. The van der Waals surface area contributed by atoms with Crippen LogP contribution >= 0.6 is 11.3 Å². The van der Waals surface area contributed by atoms with Crippen LogP contribution in [-0.2, 0) is 19.4 Å². The predicted molar refractivity (Wildman–Crippen MR) is 98.8 cm³/mol. The minimum atomic E-state index is -1.07. The molecule has 3 aromatic heterocycles. The van der Waals surface area contributed by atoms with E-state index in [0.717, 1.165) is 40.6 Å². The number of fused-ring (bicyclic) bond motifs is 3. The standard InChI is InChI=1S/C17H20N6O2S/c1-9-3-4-11-13(7-9)26-16-14(11)15(19-10(2)20-16)18-5-6-23-8-12(17(24)25)21-22-23/h8-9H,3-7H2,1-2H3,(H,24,25)(H,18,19,20). The van der Waals surface area contributed by atoms with Gasteiger partial charge >= 0.3 is 5.97 Å². The molecule has 0 amide bonds. The van der Waals surface area contributed by atoms with Gasteiger partial charge in [-0.3, -0.25) is 0 Å². The minimum Gasteiger partial charge on any atom is -0.476 e. The molecule has 26 heavy (non-hydrogen) atoms. The molecule has 136 valence electrons. The van der Waals surface area contributed by atoms with Crippen molar-refractivity contribution in [2.24, 2.45) is 5.92 Å². The second-order valence-corrected chi connectivity index (χ2v) is 7.83. The Morgan fingerprint density at radius 3 is 3.08 bits per heavy atom. The number of aromatic nitrogens is 5. The molecule has 3 heterocycles. The van der Waals surface area contributed by atoms with Crippen molar-refractivity contribution < 1.29 is 9.90 Å². The summed E-state index contributed by atoms with van der Waals surface area (Å²) < 4.78 is 1.52. The Labute approximate surface area is 154 Å². The van der Waals surface area contributed by atoms with E-state index >= 15 is 0 Å². The summed E-state index contributed by atoms with van der Waals surface area (Å²) in [5.41, 5.74) is 1.34. The molecule has 0 aromatic carbocycles. The zero-order valence-electron chi connectivity index (χ0n) is 14.7. The number of anilines is 1. The topological polar surface area (TPSA) is 106 Å². The van der Waals surface area contributed by atoms with Crippen LogP contribution in [-0.4, -0.2) is 42.6 Å². The van der Waals surface area contributed by atoms with E-state index in [1.54, 1.807) is 11.3 Å². The fourth-order valence-electron chi connectivity index (χ4n) is 3.37. The molecule has 0 aliphatic heterocycles. The number of hydrogen-bond acceptors (Lipinski definition) is 7. The summed E-state index contributed by atoms with van der Waals surface area (Å²) in [6.45, 7) is 5.29. The first-order chi connectivity index (χ1) is 12.5. The van der Waals surface area contributed by atoms with Crippen molar-refractivity contribution >= 4 is 33.3 Å². The summed E-state index contributed by atoms with van der Waals surface area (Å²) in [6, 6.07) is 0. The molecule has 0 spiro atoms. The molecule has 3 aromatic rings. The summed E-state index contributed by atoms with van der Waals surface area (Å²) in [7, 11) is 0. The maximum Gasteiger partial charge on any atom is 0.358 e. The zero-order chi connectivity index (χ0) is 18.3. The quantitative estimate of drug-likeness (QED) is 0.709. The van der Waals surface area contributed by atoms with E-state index in [1.165, 1.54) is 27.7 Å². The van der Waals surface area contributed by atoms with E-state index in [4.69, 9.17) is 5.11 Å². The lowest BCUT2D eigenvalue weighted by molar-refractivity contribution is 0.0690. The van der Waals surface area contributed by atoms with Gasteiger partial charge in [0.05, 0.1) is 18.1 Å². The van der Waals surface area contributed by atoms with Crippen LogP contribution in [0.15, 0.2) is 6.20 Å². The highest BCUT2D eigenvalue weighted by Gasteiger charge is 2.23. The van der Waals surface area contributed by atoms with Crippen LogP contribution in [0.2, 0.25) is 0 Å². The van der Waals surface area contributed by atoms with Gasteiger partial charge in [0.25, 0.3) is 0 Å². The third-order valence-electron chi connectivity index (χ3n) is 4.66. The lowest BCUT2D eigenvalue weighted by Gasteiger charge is -2.18. The molecule has 1 unspecified atom stereocenters. The molecule has 8 nitrogen and oxygen atoms in total. The van der Waals surface area contributed by atoms with E-state index < -0.39 is 5.97 Å². The summed E-state index contributed by atoms with van der Waals surface area (Å²) in [6.07, 6.45) is 4.82. The number of aryl methyl sites for hydroxylation is 2. The highest BCUT2D eigenvalue weighted by molar-refractivity contribution is 7.19. The van der Waals surface area contributed by atoms with Gasteiger partial charge in [0, 0.05) is 11.4 Å². The SMILES string of the molecule is Cc1nc(NCCn2cc(C(=O)O)nn2)c2c3c(sc2n1)CC(C)CC3. The zero-order valence-corrected chi connectivity index (χ0v) is 15.5. The number of nitrogens with one attached hydrogen (secondary N) is 1. The van der Waals surface area contributed by atoms with Crippen LogP contribution in [0.1, 0.15) is 40.1 Å². The molecule has 0 saturated heterocycles. The summed E-state index contributed by atoms with van der Waals surface area (Å²) in [5.74, 6) is 1.26. The van der Waals surface area contributed by atoms with E-state index in [9.17, 15) is 4.79 Å². The van der Waals surface area contributed by atoms with E-state index in [2.05, 4.69) is 32.5 Å². The van der Waals surface area contributed by atoms with Gasteiger partial charge in [-0.1, -0.05) is 12.1 Å². The number of rotatable bonds is 5. The predicted octanol–water partition coefficient (Wildman–Crippen LogP) is 2.53. The molecule has 0 bridgehead atoms. The molecule has 2 N–H and O–H groups in total. The first-order valence-electron chi connectivity index (χ1n) is 8.67. The van der Waals surface area contributed by atoms with Gasteiger partial charge < -0.3 is 10.4 Å². The van der Waals surface area contributed by atoms with Crippen molar-refractivity contribution in [2.45, 2.75) is 39.7 Å². The fourth-order valence-corrected chi connectivity index (χ4v) is 4.80.